The zero-order valence-corrected chi connectivity index (χ0v) is 18.9. The van der Waals surface area contributed by atoms with E-state index in [4.69, 9.17) is 4.74 Å². The van der Waals surface area contributed by atoms with Gasteiger partial charge in [0.05, 0.1) is 12.1 Å². The first-order chi connectivity index (χ1) is 13.4. The predicted molar refractivity (Wildman–Crippen MR) is 120 cm³/mol. The van der Waals surface area contributed by atoms with E-state index in [-0.39, 0.29) is 17.6 Å². The van der Waals surface area contributed by atoms with Crippen LogP contribution in [0.1, 0.15) is 65.7 Å². The van der Waals surface area contributed by atoms with E-state index < -0.39 is 11.1 Å². The second-order valence-corrected chi connectivity index (χ2v) is 9.85. The first kappa shape index (κ1) is 23.1. The molecule has 158 valence electrons. The highest BCUT2D eigenvalue weighted by molar-refractivity contribution is 5.86. The third-order valence-electron chi connectivity index (χ3n) is 4.52. The molecule has 0 radical (unpaired) electrons. The summed E-state index contributed by atoms with van der Waals surface area (Å²) in [4.78, 5) is 12.7. The Kier molecular flexibility index (Phi) is 7.25. The van der Waals surface area contributed by atoms with Crippen molar-refractivity contribution in [2.45, 2.75) is 71.2 Å². The predicted octanol–water partition coefficient (Wildman–Crippen LogP) is 4.85. The van der Waals surface area contributed by atoms with Gasteiger partial charge in [0.15, 0.2) is 0 Å². The number of hydrogen-bond donors (Lipinski definition) is 2. The van der Waals surface area contributed by atoms with Crippen molar-refractivity contribution in [1.82, 2.24) is 10.6 Å². The molecule has 2 N–H and O–H groups in total. The van der Waals surface area contributed by atoms with Gasteiger partial charge in [-0.05, 0) is 59.6 Å². The summed E-state index contributed by atoms with van der Waals surface area (Å²) in [6.07, 6.45) is -0.162. The molecule has 2 aromatic carbocycles. The van der Waals surface area contributed by atoms with Crippen molar-refractivity contribution in [3.63, 3.8) is 0 Å². The fraction of sp³-hybridized carbons (Fsp3) is 0.480. The third-order valence-corrected chi connectivity index (χ3v) is 4.52. The van der Waals surface area contributed by atoms with Gasteiger partial charge in [0, 0.05) is 11.1 Å². The van der Waals surface area contributed by atoms with Crippen LogP contribution in [0.4, 0.5) is 0 Å². The molecular weight excluding hydrogens is 360 g/mol. The van der Waals surface area contributed by atoms with Crippen LogP contribution in [0.2, 0.25) is 0 Å². The Hall–Kier alpha value is -2.17. The van der Waals surface area contributed by atoms with Gasteiger partial charge in [0.25, 0.3) is 0 Å². The number of rotatable bonds is 8. The molecule has 1 amide bonds. The number of hydrogen-bond acceptors (Lipinski definition) is 3. The summed E-state index contributed by atoms with van der Waals surface area (Å²) in [7, 11) is 0. The van der Waals surface area contributed by atoms with Crippen LogP contribution >= 0.6 is 0 Å². The van der Waals surface area contributed by atoms with Gasteiger partial charge in [-0.25, -0.2) is 0 Å². The van der Waals surface area contributed by atoms with Crippen molar-refractivity contribution in [1.29, 1.82) is 0 Å². The molecule has 0 saturated heterocycles. The molecule has 0 fully saturated rings. The summed E-state index contributed by atoms with van der Waals surface area (Å²) in [5.74, 6) is -0.0271. The van der Waals surface area contributed by atoms with Gasteiger partial charge in [0.2, 0.25) is 5.91 Å². The number of nitrogens with one attached hydrogen (secondary N) is 2. The first-order valence-electron chi connectivity index (χ1n) is 10.2. The van der Waals surface area contributed by atoms with Crippen molar-refractivity contribution >= 4 is 5.91 Å². The fourth-order valence-corrected chi connectivity index (χ4v) is 3.37. The molecule has 2 rings (SSSR count). The van der Waals surface area contributed by atoms with Crippen molar-refractivity contribution in [2.75, 3.05) is 6.61 Å². The molecule has 0 aromatic heterocycles. The third kappa shape index (κ3) is 7.30. The fourth-order valence-electron chi connectivity index (χ4n) is 3.37. The maximum Gasteiger partial charge on any atom is 0.240 e. The van der Waals surface area contributed by atoms with Gasteiger partial charge in [-0.3, -0.25) is 10.1 Å². The molecular formula is C25H36N2O2. The van der Waals surface area contributed by atoms with Crippen LogP contribution in [0.25, 0.3) is 0 Å². The monoisotopic (exact) mass is 396 g/mol. The summed E-state index contributed by atoms with van der Waals surface area (Å²) in [5.41, 5.74) is 0.816. The van der Waals surface area contributed by atoms with E-state index in [0.717, 1.165) is 11.1 Å². The Morgan fingerprint density at radius 1 is 0.828 bits per heavy atom. The normalized spacial score (nSPS) is 12.8. The van der Waals surface area contributed by atoms with Crippen molar-refractivity contribution in [3.8, 4) is 0 Å². The van der Waals surface area contributed by atoms with E-state index >= 15 is 0 Å². The first-order valence-corrected chi connectivity index (χ1v) is 10.2. The minimum absolute atomic E-state index is 0.0271. The summed E-state index contributed by atoms with van der Waals surface area (Å²) in [6.45, 7) is 14.3. The van der Waals surface area contributed by atoms with E-state index in [0.29, 0.717) is 6.61 Å². The Morgan fingerprint density at radius 2 is 1.28 bits per heavy atom. The van der Waals surface area contributed by atoms with E-state index in [1.807, 2.05) is 71.0 Å². The molecule has 4 nitrogen and oxygen atoms in total. The van der Waals surface area contributed by atoms with E-state index in [1.54, 1.807) is 0 Å². The highest BCUT2D eigenvalue weighted by Gasteiger charge is 2.36. The second-order valence-electron chi connectivity index (χ2n) is 9.85. The average Bonchev–Trinajstić information content (AvgIpc) is 2.61. The standard InChI is InChI=1S/C25H36N2O2/c1-23(2,3)26-22(28)25(6,7)27-24(4,5)18-29-21(19-14-10-8-11-15-19)20-16-12-9-13-17-20/h8-17,21,27H,18H2,1-7H3,(H,26,28). The van der Waals surface area contributed by atoms with Gasteiger partial charge >= 0.3 is 0 Å². The molecule has 0 heterocycles. The number of carbonyl (C=O) groups is 1. The Morgan fingerprint density at radius 3 is 1.69 bits per heavy atom. The molecule has 0 saturated carbocycles. The van der Waals surface area contributed by atoms with Crippen molar-refractivity contribution < 1.29 is 9.53 Å². The molecule has 0 aliphatic rings. The van der Waals surface area contributed by atoms with E-state index in [1.165, 1.54) is 0 Å². The van der Waals surface area contributed by atoms with Gasteiger partial charge in [-0.1, -0.05) is 60.7 Å². The summed E-state index contributed by atoms with van der Waals surface area (Å²) in [5, 5.41) is 6.53. The smallest absolute Gasteiger partial charge is 0.240 e. The average molecular weight is 397 g/mol. The van der Waals surface area contributed by atoms with E-state index in [2.05, 4.69) is 48.7 Å². The number of benzene rings is 2. The highest BCUT2D eigenvalue weighted by Crippen LogP contribution is 2.27. The van der Waals surface area contributed by atoms with Crippen LogP contribution in [0.3, 0.4) is 0 Å². The maximum absolute atomic E-state index is 12.7. The minimum Gasteiger partial charge on any atom is -0.367 e. The molecule has 0 aliphatic carbocycles. The molecule has 0 bridgehead atoms. The number of ether oxygens (including phenoxy) is 1. The lowest BCUT2D eigenvalue weighted by Gasteiger charge is -2.38. The summed E-state index contributed by atoms with van der Waals surface area (Å²) < 4.78 is 6.41. The van der Waals surface area contributed by atoms with Crippen LogP contribution in [-0.2, 0) is 9.53 Å². The Balaban J connectivity index is 2.12. The molecule has 0 spiro atoms. The quantitative estimate of drug-likeness (QED) is 0.670. The van der Waals surface area contributed by atoms with Crippen molar-refractivity contribution in [2.24, 2.45) is 0 Å². The number of carbonyl (C=O) groups excluding carboxylic acids is 1. The Labute approximate surface area is 176 Å². The zero-order valence-electron chi connectivity index (χ0n) is 18.9. The van der Waals surface area contributed by atoms with Crippen LogP contribution in [-0.4, -0.2) is 29.1 Å². The lowest BCUT2D eigenvalue weighted by Crippen LogP contribution is -2.63. The maximum atomic E-state index is 12.7. The molecule has 2 aromatic rings. The zero-order chi connectivity index (χ0) is 21.7. The Bertz CT molecular complexity index is 738. The second kappa shape index (κ2) is 9.10. The molecule has 0 aliphatic heterocycles. The lowest BCUT2D eigenvalue weighted by atomic mass is 9.95. The molecule has 0 unspecified atom stereocenters. The van der Waals surface area contributed by atoms with Crippen LogP contribution in [0, 0.1) is 0 Å². The molecule has 29 heavy (non-hydrogen) atoms. The van der Waals surface area contributed by atoms with Crippen LogP contribution < -0.4 is 10.6 Å². The lowest BCUT2D eigenvalue weighted by molar-refractivity contribution is -0.129. The summed E-state index contributed by atoms with van der Waals surface area (Å²) in [6, 6.07) is 20.4. The van der Waals surface area contributed by atoms with Gasteiger partial charge < -0.3 is 10.1 Å². The minimum atomic E-state index is -0.727. The molecule has 0 atom stereocenters. The topological polar surface area (TPSA) is 50.4 Å². The van der Waals surface area contributed by atoms with Crippen molar-refractivity contribution in [3.05, 3.63) is 71.8 Å². The highest BCUT2D eigenvalue weighted by atomic mass is 16.5. The van der Waals surface area contributed by atoms with Gasteiger partial charge in [0.1, 0.15) is 6.10 Å². The largest absolute Gasteiger partial charge is 0.367 e. The van der Waals surface area contributed by atoms with Gasteiger partial charge in [-0.15, -0.1) is 0 Å². The molecule has 4 heteroatoms. The summed E-state index contributed by atoms with van der Waals surface area (Å²) >= 11 is 0. The van der Waals surface area contributed by atoms with Crippen LogP contribution in [0.5, 0.6) is 0 Å². The van der Waals surface area contributed by atoms with Gasteiger partial charge in [-0.2, -0.15) is 0 Å². The van der Waals surface area contributed by atoms with E-state index in [9.17, 15) is 4.79 Å². The van der Waals surface area contributed by atoms with Crippen LogP contribution in [0.15, 0.2) is 60.7 Å². The number of amides is 1. The SMILES string of the molecule is CC(C)(C)NC(=O)C(C)(C)NC(C)(C)COC(c1ccccc1)c1ccccc1.